The molecule has 0 bridgehead atoms. The molecule has 0 spiro atoms. The van der Waals surface area contributed by atoms with E-state index in [2.05, 4.69) is 4.98 Å². The van der Waals surface area contributed by atoms with Crippen molar-refractivity contribution >= 4 is 18.6 Å². The standard InChI is InChI=1S/C23H30BNO5/c1-22(2)23(3,4)30-24(29-22)19-15-17(21(26)28-6)14-13-16(19)9-7-10-18-11-8-12-20(25-18)27-5/h8,11-15H,7,9-10H2,1-6H3. The maximum Gasteiger partial charge on any atom is 0.495 e. The fourth-order valence-electron chi connectivity index (χ4n) is 3.43. The number of esters is 1. The number of rotatable bonds is 7. The highest BCUT2D eigenvalue weighted by Crippen LogP contribution is 2.36. The average molecular weight is 411 g/mol. The summed E-state index contributed by atoms with van der Waals surface area (Å²) in [6, 6.07) is 11.4. The molecule has 0 unspecified atom stereocenters. The van der Waals surface area contributed by atoms with Gasteiger partial charge in [-0.15, -0.1) is 0 Å². The Morgan fingerprint density at radius 1 is 1.03 bits per heavy atom. The van der Waals surface area contributed by atoms with Crippen molar-refractivity contribution in [1.29, 1.82) is 0 Å². The number of methoxy groups -OCH3 is 2. The molecule has 6 nitrogen and oxygen atoms in total. The van der Waals surface area contributed by atoms with Gasteiger partial charge in [-0.3, -0.25) is 0 Å². The zero-order chi connectivity index (χ0) is 21.9. The number of carbonyl (C=O) groups is 1. The lowest BCUT2D eigenvalue weighted by Crippen LogP contribution is -2.41. The lowest BCUT2D eigenvalue weighted by molar-refractivity contribution is 0.00578. The molecule has 0 aliphatic carbocycles. The van der Waals surface area contributed by atoms with Gasteiger partial charge in [0.2, 0.25) is 5.88 Å². The van der Waals surface area contributed by atoms with Crippen molar-refractivity contribution in [3.8, 4) is 5.88 Å². The maximum atomic E-state index is 12.1. The van der Waals surface area contributed by atoms with Gasteiger partial charge in [0, 0.05) is 11.8 Å². The first-order valence-electron chi connectivity index (χ1n) is 10.2. The van der Waals surface area contributed by atoms with E-state index in [0.29, 0.717) is 11.4 Å². The fraction of sp³-hybridized carbons (Fsp3) is 0.478. The molecule has 0 saturated carbocycles. The smallest absolute Gasteiger partial charge is 0.481 e. The van der Waals surface area contributed by atoms with Gasteiger partial charge in [-0.05, 0) is 76.2 Å². The summed E-state index contributed by atoms with van der Waals surface area (Å²) in [5, 5.41) is 0. The van der Waals surface area contributed by atoms with Crippen molar-refractivity contribution in [3.05, 3.63) is 53.2 Å². The molecule has 7 heteroatoms. The first-order valence-corrected chi connectivity index (χ1v) is 10.2. The molecule has 0 amide bonds. The van der Waals surface area contributed by atoms with Gasteiger partial charge in [0.15, 0.2) is 0 Å². The minimum atomic E-state index is -0.537. The van der Waals surface area contributed by atoms with Crippen LogP contribution in [-0.2, 0) is 26.9 Å². The van der Waals surface area contributed by atoms with E-state index in [0.717, 1.165) is 36.0 Å². The van der Waals surface area contributed by atoms with Crippen LogP contribution in [0.1, 0.15) is 55.7 Å². The number of aryl methyl sites for hydroxylation is 2. The van der Waals surface area contributed by atoms with E-state index in [9.17, 15) is 4.79 Å². The predicted octanol–water partition coefficient (Wildman–Crippen LogP) is 3.35. The Hall–Kier alpha value is -2.38. The highest BCUT2D eigenvalue weighted by atomic mass is 16.7. The minimum Gasteiger partial charge on any atom is -0.481 e. The monoisotopic (exact) mass is 411 g/mol. The zero-order valence-electron chi connectivity index (χ0n) is 18.7. The van der Waals surface area contributed by atoms with Crippen molar-refractivity contribution < 1.29 is 23.6 Å². The highest BCUT2D eigenvalue weighted by molar-refractivity contribution is 6.62. The van der Waals surface area contributed by atoms with Gasteiger partial charge in [0.05, 0.1) is 31.0 Å². The van der Waals surface area contributed by atoms with Gasteiger partial charge in [0.25, 0.3) is 0 Å². The molecule has 0 N–H and O–H groups in total. The molecule has 1 aliphatic heterocycles. The third kappa shape index (κ3) is 4.68. The second kappa shape index (κ2) is 8.78. The number of hydrogen-bond acceptors (Lipinski definition) is 6. The van der Waals surface area contributed by atoms with Crippen molar-refractivity contribution in [2.24, 2.45) is 0 Å². The number of aromatic nitrogens is 1. The van der Waals surface area contributed by atoms with Crippen LogP contribution in [0.5, 0.6) is 5.88 Å². The molecule has 0 radical (unpaired) electrons. The summed E-state index contributed by atoms with van der Waals surface area (Å²) in [6.07, 6.45) is 2.52. The van der Waals surface area contributed by atoms with Crippen LogP contribution in [0.4, 0.5) is 0 Å². The lowest BCUT2D eigenvalue weighted by atomic mass is 9.74. The molecule has 2 heterocycles. The summed E-state index contributed by atoms with van der Waals surface area (Å²) in [7, 11) is 2.46. The summed E-state index contributed by atoms with van der Waals surface area (Å²) in [4.78, 5) is 16.6. The van der Waals surface area contributed by atoms with E-state index >= 15 is 0 Å². The Morgan fingerprint density at radius 2 is 1.73 bits per heavy atom. The molecule has 1 fully saturated rings. The van der Waals surface area contributed by atoms with Crippen molar-refractivity contribution in [2.75, 3.05) is 14.2 Å². The SMILES string of the molecule is COC(=O)c1ccc(CCCc2cccc(OC)n2)c(B2OC(C)(C)C(C)(C)O2)c1. The normalized spacial score (nSPS) is 17.1. The molecule has 3 rings (SSSR count). The van der Waals surface area contributed by atoms with Gasteiger partial charge in [-0.1, -0.05) is 12.1 Å². The Balaban J connectivity index is 1.82. The van der Waals surface area contributed by atoms with E-state index in [-0.39, 0.29) is 5.97 Å². The van der Waals surface area contributed by atoms with Crippen molar-refractivity contribution in [3.63, 3.8) is 0 Å². The van der Waals surface area contributed by atoms with Crippen LogP contribution in [0.25, 0.3) is 0 Å². The molecule has 2 aromatic rings. The summed E-state index contributed by atoms with van der Waals surface area (Å²) in [6.45, 7) is 8.08. The Labute approximate surface area is 179 Å². The first-order chi connectivity index (χ1) is 14.2. The topological polar surface area (TPSA) is 66.9 Å². The van der Waals surface area contributed by atoms with E-state index in [1.807, 2.05) is 58.0 Å². The molecule has 160 valence electrons. The Bertz CT molecular complexity index is 896. The number of hydrogen-bond donors (Lipinski definition) is 0. The molecule has 0 atom stereocenters. The highest BCUT2D eigenvalue weighted by Gasteiger charge is 2.52. The molecular formula is C23H30BNO5. The van der Waals surface area contributed by atoms with Crippen LogP contribution in [0.2, 0.25) is 0 Å². The third-order valence-corrected chi connectivity index (χ3v) is 5.94. The third-order valence-electron chi connectivity index (χ3n) is 5.94. The quantitative estimate of drug-likeness (QED) is 0.514. The van der Waals surface area contributed by atoms with Crippen molar-refractivity contribution in [1.82, 2.24) is 4.98 Å². The summed E-state index contributed by atoms with van der Waals surface area (Å²) in [5.41, 5.74) is 2.51. The molecule has 30 heavy (non-hydrogen) atoms. The van der Waals surface area contributed by atoms with Crippen LogP contribution in [0.15, 0.2) is 36.4 Å². The van der Waals surface area contributed by atoms with Gasteiger partial charge in [-0.2, -0.15) is 0 Å². The van der Waals surface area contributed by atoms with Crippen LogP contribution < -0.4 is 10.2 Å². The van der Waals surface area contributed by atoms with Crippen LogP contribution in [-0.4, -0.2) is 43.5 Å². The summed E-state index contributed by atoms with van der Waals surface area (Å²) < 4.78 is 22.6. The molecule has 1 aromatic heterocycles. The van der Waals surface area contributed by atoms with E-state index in [4.69, 9.17) is 18.8 Å². The number of carbonyl (C=O) groups excluding carboxylic acids is 1. The summed E-state index contributed by atoms with van der Waals surface area (Å²) in [5.74, 6) is 0.243. The fourth-order valence-corrected chi connectivity index (χ4v) is 3.43. The second-order valence-corrected chi connectivity index (χ2v) is 8.52. The molecular weight excluding hydrogens is 381 g/mol. The van der Waals surface area contributed by atoms with E-state index < -0.39 is 18.3 Å². The van der Waals surface area contributed by atoms with Crippen LogP contribution in [0.3, 0.4) is 0 Å². The maximum absolute atomic E-state index is 12.1. The van der Waals surface area contributed by atoms with Gasteiger partial charge in [-0.25, -0.2) is 9.78 Å². The molecule has 1 saturated heterocycles. The van der Waals surface area contributed by atoms with E-state index in [1.165, 1.54) is 7.11 Å². The number of ether oxygens (including phenoxy) is 2. The minimum absolute atomic E-state index is 0.375. The van der Waals surface area contributed by atoms with Crippen LogP contribution in [0, 0.1) is 0 Å². The number of benzene rings is 1. The number of pyridine rings is 1. The lowest BCUT2D eigenvalue weighted by Gasteiger charge is -2.32. The first kappa shape index (κ1) is 22.3. The summed E-state index contributed by atoms with van der Waals surface area (Å²) >= 11 is 0. The average Bonchev–Trinajstić information content (AvgIpc) is 2.94. The zero-order valence-corrected chi connectivity index (χ0v) is 18.7. The Kier molecular flexibility index (Phi) is 6.53. The van der Waals surface area contributed by atoms with Gasteiger partial charge >= 0.3 is 13.1 Å². The molecule has 1 aliphatic rings. The Morgan fingerprint density at radius 3 is 2.37 bits per heavy atom. The number of nitrogens with zero attached hydrogens (tertiary/aromatic N) is 1. The van der Waals surface area contributed by atoms with Gasteiger partial charge < -0.3 is 18.8 Å². The second-order valence-electron chi connectivity index (χ2n) is 8.52. The van der Waals surface area contributed by atoms with Crippen molar-refractivity contribution in [2.45, 2.75) is 58.2 Å². The van der Waals surface area contributed by atoms with Gasteiger partial charge in [0.1, 0.15) is 0 Å². The van der Waals surface area contributed by atoms with E-state index in [1.54, 1.807) is 13.2 Å². The van der Waals surface area contributed by atoms with Crippen LogP contribution >= 0.6 is 0 Å². The molecule has 1 aromatic carbocycles. The predicted molar refractivity (Wildman–Crippen MR) is 116 cm³/mol. The largest absolute Gasteiger partial charge is 0.495 e.